The van der Waals surface area contributed by atoms with Gasteiger partial charge in [0.25, 0.3) is 11.7 Å². The van der Waals surface area contributed by atoms with Crippen LogP contribution in [0.1, 0.15) is 17.2 Å². The highest BCUT2D eigenvalue weighted by Crippen LogP contribution is 2.48. The highest BCUT2D eigenvalue weighted by atomic mass is 16.5. The second-order valence-corrected chi connectivity index (χ2v) is 7.48. The molecule has 0 aliphatic carbocycles. The van der Waals surface area contributed by atoms with E-state index >= 15 is 0 Å². The predicted octanol–water partition coefficient (Wildman–Crippen LogP) is 4.04. The molecule has 34 heavy (non-hydrogen) atoms. The number of benzene rings is 3. The highest BCUT2D eigenvalue weighted by Gasteiger charge is 2.48. The van der Waals surface area contributed by atoms with Crippen molar-refractivity contribution in [3.8, 4) is 23.0 Å². The lowest BCUT2D eigenvalue weighted by molar-refractivity contribution is -0.132. The molecule has 8 heteroatoms. The van der Waals surface area contributed by atoms with E-state index in [-0.39, 0.29) is 22.8 Å². The zero-order chi connectivity index (χ0) is 24.4. The highest BCUT2D eigenvalue weighted by molar-refractivity contribution is 6.51. The Morgan fingerprint density at radius 2 is 1.44 bits per heavy atom. The smallest absolute Gasteiger partial charge is 0.300 e. The summed E-state index contributed by atoms with van der Waals surface area (Å²) in [6.45, 7) is 0. The zero-order valence-electron chi connectivity index (χ0n) is 18.8. The summed E-state index contributed by atoms with van der Waals surface area (Å²) < 4.78 is 16.3. The SMILES string of the molecule is COc1cc(C2/C(=C(\O)c3ccccc3)C(=O)C(=O)N2c2ccccc2O)cc(OC)c1OC. The number of nitrogens with zero attached hydrogens (tertiary/aromatic N) is 1. The Balaban J connectivity index is 2.03. The topological polar surface area (TPSA) is 106 Å². The number of amides is 1. The van der Waals surface area contributed by atoms with Gasteiger partial charge < -0.3 is 24.4 Å². The van der Waals surface area contributed by atoms with E-state index in [9.17, 15) is 19.8 Å². The summed E-state index contributed by atoms with van der Waals surface area (Å²) in [5, 5.41) is 21.7. The standard InChI is InChI=1S/C26H23NO7/c1-32-19-13-16(14-20(33-2)25(19)34-3)22-21(23(29)15-9-5-4-6-10-15)24(30)26(31)27(22)17-11-7-8-12-18(17)28/h4-14,22,28-29H,1-3H3/b23-21+. The molecule has 3 aromatic rings. The average molecular weight is 461 g/mol. The fourth-order valence-electron chi connectivity index (χ4n) is 4.08. The molecular weight excluding hydrogens is 438 g/mol. The number of hydrogen-bond acceptors (Lipinski definition) is 7. The first-order chi connectivity index (χ1) is 16.4. The van der Waals surface area contributed by atoms with Crippen molar-refractivity contribution in [1.82, 2.24) is 0 Å². The Morgan fingerprint density at radius 3 is 2.00 bits per heavy atom. The zero-order valence-corrected chi connectivity index (χ0v) is 18.8. The average Bonchev–Trinajstić information content (AvgIpc) is 3.13. The molecule has 1 aliphatic rings. The maximum absolute atomic E-state index is 13.3. The minimum absolute atomic E-state index is 0.121. The molecule has 1 amide bonds. The van der Waals surface area contributed by atoms with E-state index in [0.29, 0.717) is 28.4 Å². The van der Waals surface area contributed by atoms with Crippen molar-refractivity contribution in [2.24, 2.45) is 0 Å². The number of aliphatic hydroxyl groups excluding tert-OH is 1. The summed E-state index contributed by atoms with van der Waals surface area (Å²) in [5.41, 5.74) is 0.772. The van der Waals surface area contributed by atoms with Crippen molar-refractivity contribution in [3.05, 3.63) is 83.4 Å². The fourth-order valence-corrected chi connectivity index (χ4v) is 4.08. The quantitative estimate of drug-likeness (QED) is 0.324. The molecule has 8 nitrogen and oxygen atoms in total. The van der Waals surface area contributed by atoms with Gasteiger partial charge in [0.1, 0.15) is 11.5 Å². The number of phenolic OH excluding ortho intramolecular Hbond substituents is 1. The van der Waals surface area contributed by atoms with Gasteiger partial charge in [0.15, 0.2) is 11.5 Å². The molecule has 1 fully saturated rings. The molecule has 3 aromatic carbocycles. The Labute approximate surface area is 196 Å². The molecule has 0 bridgehead atoms. The first kappa shape index (κ1) is 22.7. The normalized spacial score (nSPS) is 17.0. The van der Waals surface area contributed by atoms with Crippen molar-refractivity contribution >= 4 is 23.1 Å². The van der Waals surface area contributed by atoms with Crippen LogP contribution in [-0.2, 0) is 9.59 Å². The van der Waals surface area contributed by atoms with Gasteiger partial charge in [0.05, 0.1) is 38.6 Å². The third-order valence-corrected chi connectivity index (χ3v) is 5.64. The molecule has 1 unspecified atom stereocenters. The number of ketones is 1. The number of hydrogen-bond donors (Lipinski definition) is 2. The van der Waals surface area contributed by atoms with E-state index < -0.39 is 17.7 Å². The summed E-state index contributed by atoms with van der Waals surface area (Å²) >= 11 is 0. The van der Waals surface area contributed by atoms with Gasteiger partial charge in [-0.15, -0.1) is 0 Å². The van der Waals surface area contributed by atoms with Crippen LogP contribution in [0.5, 0.6) is 23.0 Å². The van der Waals surface area contributed by atoms with Gasteiger partial charge in [-0.2, -0.15) is 0 Å². The first-order valence-electron chi connectivity index (χ1n) is 10.4. The molecule has 0 aromatic heterocycles. The number of phenols is 1. The number of aliphatic hydroxyl groups is 1. The third kappa shape index (κ3) is 3.69. The van der Waals surface area contributed by atoms with E-state index in [1.54, 1.807) is 54.6 Å². The van der Waals surface area contributed by atoms with Crippen LogP contribution >= 0.6 is 0 Å². The summed E-state index contributed by atoms with van der Waals surface area (Å²) in [7, 11) is 4.36. The molecule has 0 saturated carbocycles. The molecule has 4 rings (SSSR count). The van der Waals surface area contributed by atoms with E-state index in [0.717, 1.165) is 4.90 Å². The number of anilines is 1. The van der Waals surface area contributed by atoms with Crippen LogP contribution in [0, 0.1) is 0 Å². The van der Waals surface area contributed by atoms with Crippen LogP contribution in [0.25, 0.3) is 5.76 Å². The minimum Gasteiger partial charge on any atom is -0.507 e. The van der Waals surface area contributed by atoms with Gasteiger partial charge in [-0.1, -0.05) is 42.5 Å². The lowest BCUT2D eigenvalue weighted by Gasteiger charge is -2.27. The summed E-state index contributed by atoms with van der Waals surface area (Å²) in [6.07, 6.45) is 0. The Morgan fingerprint density at radius 1 is 0.853 bits per heavy atom. The monoisotopic (exact) mass is 461 g/mol. The van der Waals surface area contributed by atoms with Gasteiger partial charge in [-0.05, 0) is 29.8 Å². The van der Waals surface area contributed by atoms with Gasteiger partial charge in [0.2, 0.25) is 5.75 Å². The molecule has 1 heterocycles. The lowest BCUT2D eigenvalue weighted by Crippen LogP contribution is -2.29. The van der Waals surface area contributed by atoms with Crippen LogP contribution in [-0.4, -0.2) is 43.2 Å². The second-order valence-electron chi connectivity index (χ2n) is 7.48. The van der Waals surface area contributed by atoms with Gasteiger partial charge in [0, 0.05) is 5.56 Å². The largest absolute Gasteiger partial charge is 0.507 e. The molecule has 0 spiro atoms. The van der Waals surface area contributed by atoms with E-state index in [4.69, 9.17) is 14.2 Å². The molecule has 1 saturated heterocycles. The molecule has 1 aliphatic heterocycles. The van der Waals surface area contributed by atoms with Gasteiger partial charge in [-0.25, -0.2) is 0 Å². The molecule has 1 atom stereocenters. The molecular formula is C26H23NO7. The predicted molar refractivity (Wildman–Crippen MR) is 125 cm³/mol. The van der Waals surface area contributed by atoms with Crippen molar-refractivity contribution in [3.63, 3.8) is 0 Å². The van der Waals surface area contributed by atoms with Crippen molar-refractivity contribution in [2.45, 2.75) is 6.04 Å². The maximum atomic E-state index is 13.3. The van der Waals surface area contributed by atoms with Crippen molar-refractivity contribution < 1.29 is 34.0 Å². The van der Waals surface area contributed by atoms with Crippen LogP contribution in [0.15, 0.2) is 72.3 Å². The van der Waals surface area contributed by atoms with Crippen molar-refractivity contribution in [1.29, 1.82) is 0 Å². The van der Waals surface area contributed by atoms with Gasteiger partial charge >= 0.3 is 0 Å². The lowest BCUT2D eigenvalue weighted by atomic mass is 9.94. The first-order valence-corrected chi connectivity index (χ1v) is 10.4. The number of para-hydroxylation sites is 2. The summed E-state index contributed by atoms with van der Waals surface area (Å²) in [5.74, 6) is -1.37. The summed E-state index contributed by atoms with van der Waals surface area (Å²) in [6, 6.07) is 16.8. The number of rotatable bonds is 6. The molecule has 2 N–H and O–H groups in total. The number of carbonyl (C=O) groups is 2. The van der Waals surface area contributed by atoms with Crippen molar-refractivity contribution in [2.75, 3.05) is 26.2 Å². The van der Waals surface area contributed by atoms with Crippen LogP contribution in [0.4, 0.5) is 5.69 Å². The number of aromatic hydroxyl groups is 1. The Hall–Kier alpha value is -4.46. The van der Waals surface area contributed by atoms with Crippen LogP contribution in [0.2, 0.25) is 0 Å². The van der Waals surface area contributed by atoms with Crippen LogP contribution < -0.4 is 19.1 Å². The third-order valence-electron chi connectivity index (χ3n) is 5.64. The Kier molecular flexibility index (Phi) is 6.14. The van der Waals surface area contributed by atoms with E-state index in [1.807, 2.05) is 0 Å². The Bertz CT molecular complexity index is 1260. The molecule has 0 radical (unpaired) electrons. The van der Waals surface area contributed by atoms with Crippen LogP contribution in [0.3, 0.4) is 0 Å². The summed E-state index contributed by atoms with van der Waals surface area (Å²) in [4.78, 5) is 27.7. The van der Waals surface area contributed by atoms with E-state index in [1.165, 1.54) is 33.5 Å². The minimum atomic E-state index is -1.08. The number of ether oxygens (including phenoxy) is 3. The maximum Gasteiger partial charge on any atom is 0.300 e. The fraction of sp³-hybridized carbons (Fsp3) is 0.154. The molecule has 174 valence electrons. The number of methoxy groups -OCH3 is 3. The van der Waals surface area contributed by atoms with E-state index in [2.05, 4.69) is 0 Å². The second kappa shape index (κ2) is 9.19. The number of Topliss-reactive ketones (excluding diaryl/α,β-unsaturated/α-hetero) is 1. The van der Waals surface area contributed by atoms with Gasteiger partial charge in [-0.3, -0.25) is 14.5 Å². The number of carbonyl (C=O) groups excluding carboxylic acids is 2.